The highest BCUT2D eigenvalue weighted by atomic mass is 16.5. The van der Waals surface area contributed by atoms with E-state index in [2.05, 4.69) is 22.2 Å². The maximum atomic E-state index is 12.3. The molecule has 0 saturated carbocycles. The fraction of sp³-hybridized carbons (Fsp3) is 0.421. The number of nitrogens with one attached hydrogen (secondary N) is 1. The van der Waals surface area contributed by atoms with Crippen molar-refractivity contribution in [2.24, 2.45) is 0 Å². The van der Waals surface area contributed by atoms with Crippen LogP contribution < -0.4 is 10.1 Å². The van der Waals surface area contributed by atoms with E-state index < -0.39 is 0 Å². The third-order valence-corrected chi connectivity index (χ3v) is 4.36. The van der Waals surface area contributed by atoms with Crippen LogP contribution >= 0.6 is 0 Å². The number of carbonyl (C=O) groups excluding carboxylic acids is 1. The molecule has 134 valence electrons. The SMILES string of the molecule is Cc1ccc(C(=O)Nc2ccccc2OCCN2CCN(C)CC2)o1. The average molecular weight is 343 g/mol. The number of aryl methyl sites for hydroxylation is 1. The Morgan fingerprint density at radius 2 is 1.92 bits per heavy atom. The lowest BCUT2D eigenvalue weighted by atomic mass is 10.3. The van der Waals surface area contributed by atoms with Crippen LogP contribution in [0.15, 0.2) is 40.8 Å². The lowest BCUT2D eigenvalue weighted by molar-refractivity contribution is 0.0994. The normalized spacial score (nSPS) is 15.9. The van der Waals surface area contributed by atoms with E-state index in [1.165, 1.54) is 0 Å². The van der Waals surface area contributed by atoms with Crippen LogP contribution in [0, 0.1) is 6.92 Å². The first-order valence-electron chi connectivity index (χ1n) is 8.62. The molecule has 2 aromatic rings. The molecular weight excluding hydrogens is 318 g/mol. The van der Waals surface area contributed by atoms with Crippen molar-refractivity contribution < 1.29 is 13.9 Å². The molecule has 6 heteroatoms. The molecular formula is C19H25N3O3. The summed E-state index contributed by atoms with van der Waals surface area (Å²) in [5.41, 5.74) is 0.653. The van der Waals surface area contributed by atoms with E-state index in [1.54, 1.807) is 12.1 Å². The lowest BCUT2D eigenvalue weighted by Crippen LogP contribution is -2.45. The van der Waals surface area contributed by atoms with Gasteiger partial charge in [-0.3, -0.25) is 9.69 Å². The van der Waals surface area contributed by atoms with Crippen molar-refractivity contribution in [1.29, 1.82) is 0 Å². The van der Waals surface area contributed by atoms with Crippen LogP contribution in [0.1, 0.15) is 16.3 Å². The fourth-order valence-electron chi connectivity index (χ4n) is 2.79. The predicted molar refractivity (Wildman–Crippen MR) is 97.3 cm³/mol. The molecule has 1 saturated heterocycles. The van der Waals surface area contributed by atoms with Gasteiger partial charge in [0, 0.05) is 32.7 Å². The Kier molecular flexibility index (Phi) is 5.73. The molecule has 1 fully saturated rings. The topological polar surface area (TPSA) is 58.0 Å². The Hall–Kier alpha value is -2.31. The van der Waals surface area contributed by atoms with Crippen LogP contribution in [0.25, 0.3) is 0 Å². The van der Waals surface area contributed by atoms with Gasteiger partial charge < -0.3 is 19.4 Å². The molecule has 0 spiro atoms. The number of hydrogen-bond donors (Lipinski definition) is 1. The number of anilines is 1. The lowest BCUT2D eigenvalue weighted by Gasteiger charge is -2.32. The number of amides is 1. The van der Waals surface area contributed by atoms with Crippen molar-refractivity contribution >= 4 is 11.6 Å². The number of ether oxygens (including phenoxy) is 1. The van der Waals surface area contributed by atoms with Gasteiger partial charge in [-0.2, -0.15) is 0 Å². The van der Waals surface area contributed by atoms with Crippen LogP contribution in [-0.2, 0) is 0 Å². The minimum absolute atomic E-state index is 0.275. The Labute approximate surface area is 148 Å². The summed E-state index contributed by atoms with van der Waals surface area (Å²) in [5, 5.41) is 2.86. The highest BCUT2D eigenvalue weighted by molar-refractivity contribution is 6.03. The molecule has 1 aliphatic heterocycles. The zero-order valence-corrected chi connectivity index (χ0v) is 14.8. The smallest absolute Gasteiger partial charge is 0.291 e. The molecule has 1 amide bonds. The van der Waals surface area contributed by atoms with Gasteiger partial charge in [-0.1, -0.05) is 12.1 Å². The number of likely N-dealkylation sites (N-methyl/N-ethyl adjacent to an activating group) is 1. The van der Waals surface area contributed by atoms with Crippen molar-refractivity contribution in [3.05, 3.63) is 47.9 Å². The first kappa shape index (κ1) is 17.5. The van der Waals surface area contributed by atoms with Crippen molar-refractivity contribution in [2.75, 3.05) is 51.7 Å². The van der Waals surface area contributed by atoms with Gasteiger partial charge in [0.15, 0.2) is 5.76 Å². The monoisotopic (exact) mass is 343 g/mol. The van der Waals surface area contributed by atoms with Gasteiger partial charge in [0.05, 0.1) is 5.69 Å². The van der Waals surface area contributed by atoms with Gasteiger partial charge in [-0.15, -0.1) is 0 Å². The maximum absolute atomic E-state index is 12.3. The Morgan fingerprint density at radius 3 is 2.64 bits per heavy atom. The average Bonchev–Trinajstić information content (AvgIpc) is 3.05. The zero-order valence-electron chi connectivity index (χ0n) is 14.8. The summed E-state index contributed by atoms with van der Waals surface area (Å²) in [4.78, 5) is 17.0. The Balaban J connectivity index is 1.54. The molecule has 1 aromatic heterocycles. The van der Waals surface area contributed by atoms with Crippen LogP contribution in [0.5, 0.6) is 5.75 Å². The second-order valence-electron chi connectivity index (χ2n) is 6.35. The molecule has 0 atom stereocenters. The molecule has 2 heterocycles. The van der Waals surface area contributed by atoms with E-state index in [4.69, 9.17) is 9.15 Å². The molecule has 1 N–H and O–H groups in total. The second kappa shape index (κ2) is 8.18. The van der Waals surface area contributed by atoms with Gasteiger partial charge in [0.25, 0.3) is 5.91 Å². The number of para-hydroxylation sites is 2. The second-order valence-corrected chi connectivity index (χ2v) is 6.35. The summed E-state index contributed by atoms with van der Waals surface area (Å²) in [6.07, 6.45) is 0. The van der Waals surface area contributed by atoms with Crippen LogP contribution in [0.3, 0.4) is 0 Å². The number of carbonyl (C=O) groups is 1. The minimum Gasteiger partial charge on any atom is -0.490 e. The quantitative estimate of drug-likeness (QED) is 0.873. The molecule has 6 nitrogen and oxygen atoms in total. The first-order chi connectivity index (χ1) is 12.1. The number of nitrogens with zero attached hydrogens (tertiary/aromatic N) is 2. The molecule has 25 heavy (non-hydrogen) atoms. The van der Waals surface area contributed by atoms with Crippen LogP contribution in [0.4, 0.5) is 5.69 Å². The van der Waals surface area contributed by atoms with Gasteiger partial charge in [-0.05, 0) is 38.2 Å². The van der Waals surface area contributed by atoms with E-state index in [-0.39, 0.29) is 5.91 Å². The van der Waals surface area contributed by atoms with Crippen LogP contribution in [-0.4, -0.2) is 62.1 Å². The third kappa shape index (κ3) is 4.84. The largest absolute Gasteiger partial charge is 0.490 e. The van der Waals surface area contributed by atoms with E-state index >= 15 is 0 Å². The van der Waals surface area contributed by atoms with E-state index in [9.17, 15) is 4.79 Å². The van der Waals surface area contributed by atoms with Gasteiger partial charge in [-0.25, -0.2) is 0 Å². The first-order valence-corrected chi connectivity index (χ1v) is 8.62. The number of rotatable bonds is 6. The predicted octanol–water partition coefficient (Wildman–Crippen LogP) is 2.47. The van der Waals surface area contributed by atoms with E-state index in [0.717, 1.165) is 32.7 Å². The van der Waals surface area contributed by atoms with Crippen molar-refractivity contribution in [3.8, 4) is 5.75 Å². The molecule has 1 aliphatic rings. The number of piperazine rings is 1. The summed E-state index contributed by atoms with van der Waals surface area (Å²) in [5.74, 6) is 1.41. The zero-order chi connectivity index (χ0) is 17.6. The molecule has 0 radical (unpaired) electrons. The third-order valence-electron chi connectivity index (χ3n) is 4.36. The standard InChI is InChI=1S/C19H25N3O3/c1-15-7-8-18(25-15)19(23)20-16-5-3-4-6-17(16)24-14-13-22-11-9-21(2)10-12-22/h3-8H,9-14H2,1-2H3,(H,20,23). The molecule has 1 aromatic carbocycles. The highest BCUT2D eigenvalue weighted by Gasteiger charge is 2.15. The maximum Gasteiger partial charge on any atom is 0.291 e. The molecule has 0 aliphatic carbocycles. The van der Waals surface area contributed by atoms with Crippen molar-refractivity contribution in [3.63, 3.8) is 0 Å². The minimum atomic E-state index is -0.275. The molecule has 0 unspecified atom stereocenters. The Bertz CT molecular complexity index is 705. The van der Waals surface area contributed by atoms with Crippen molar-refractivity contribution in [1.82, 2.24) is 9.80 Å². The summed E-state index contributed by atoms with van der Waals surface area (Å²) in [7, 11) is 2.15. The van der Waals surface area contributed by atoms with Gasteiger partial charge in [0.1, 0.15) is 18.1 Å². The van der Waals surface area contributed by atoms with Crippen molar-refractivity contribution in [2.45, 2.75) is 6.92 Å². The number of benzene rings is 1. The van der Waals surface area contributed by atoms with E-state index in [1.807, 2.05) is 31.2 Å². The summed E-state index contributed by atoms with van der Waals surface area (Å²) >= 11 is 0. The summed E-state index contributed by atoms with van der Waals surface area (Å²) < 4.78 is 11.3. The summed E-state index contributed by atoms with van der Waals surface area (Å²) in [6.45, 7) is 7.60. The Morgan fingerprint density at radius 1 is 1.16 bits per heavy atom. The van der Waals surface area contributed by atoms with Crippen LogP contribution in [0.2, 0.25) is 0 Å². The summed E-state index contributed by atoms with van der Waals surface area (Å²) in [6, 6.07) is 10.9. The molecule has 0 bridgehead atoms. The number of furan rings is 1. The van der Waals surface area contributed by atoms with Gasteiger partial charge >= 0.3 is 0 Å². The fourth-order valence-corrected chi connectivity index (χ4v) is 2.79. The van der Waals surface area contributed by atoms with Gasteiger partial charge in [0.2, 0.25) is 0 Å². The van der Waals surface area contributed by atoms with E-state index in [0.29, 0.717) is 29.6 Å². The molecule has 3 rings (SSSR count). The highest BCUT2D eigenvalue weighted by Crippen LogP contribution is 2.24. The number of hydrogen-bond acceptors (Lipinski definition) is 5.